The SMILES string of the molecule is O=C(CSc1nnc(Cc2ccccc2)n1-c1cccc(C(F)(F)F)c1)NCc1ccccc1. The number of thioether (sulfide) groups is 1. The van der Waals surface area contributed by atoms with Crippen molar-refractivity contribution in [3.63, 3.8) is 0 Å². The summed E-state index contributed by atoms with van der Waals surface area (Å²) in [6.07, 6.45) is -4.10. The average molecular weight is 483 g/mol. The molecule has 0 radical (unpaired) electrons. The highest BCUT2D eigenvalue weighted by Crippen LogP contribution is 2.32. The number of nitrogens with one attached hydrogen (secondary N) is 1. The van der Waals surface area contributed by atoms with Gasteiger partial charge in [0, 0.05) is 13.0 Å². The molecule has 0 fully saturated rings. The van der Waals surface area contributed by atoms with Gasteiger partial charge < -0.3 is 5.32 Å². The lowest BCUT2D eigenvalue weighted by Crippen LogP contribution is -2.24. The van der Waals surface area contributed by atoms with Crippen LogP contribution in [-0.2, 0) is 23.9 Å². The van der Waals surface area contributed by atoms with Crippen LogP contribution in [0.15, 0.2) is 90.1 Å². The lowest BCUT2D eigenvalue weighted by molar-refractivity contribution is -0.137. The van der Waals surface area contributed by atoms with Crippen LogP contribution in [0.4, 0.5) is 13.2 Å². The van der Waals surface area contributed by atoms with Crippen LogP contribution in [0, 0.1) is 0 Å². The average Bonchev–Trinajstić information content (AvgIpc) is 3.24. The second-order valence-corrected chi connectivity index (χ2v) is 8.44. The maximum Gasteiger partial charge on any atom is 0.416 e. The summed E-state index contributed by atoms with van der Waals surface area (Å²) in [6.45, 7) is 0.389. The van der Waals surface area contributed by atoms with Crippen molar-refractivity contribution >= 4 is 17.7 Å². The van der Waals surface area contributed by atoms with Gasteiger partial charge in [0.1, 0.15) is 5.82 Å². The molecule has 0 aliphatic heterocycles. The van der Waals surface area contributed by atoms with Crippen molar-refractivity contribution in [3.05, 3.63) is 107 Å². The number of rotatable bonds is 8. The van der Waals surface area contributed by atoms with E-state index < -0.39 is 11.7 Å². The van der Waals surface area contributed by atoms with Crippen LogP contribution in [0.1, 0.15) is 22.5 Å². The molecule has 0 atom stereocenters. The second-order valence-electron chi connectivity index (χ2n) is 7.50. The second kappa shape index (κ2) is 10.6. The smallest absolute Gasteiger partial charge is 0.351 e. The zero-order chi connectivity index (χ0) is 24.0. The first kappa shape index (κ1) is 23.6. The fourth-order valence-corrected chi connectivity index (χ4v) is 4.15. The maximum absolute atomic E-state index is 13.3. The van der Waals surface area contributed by atoms with E-state index in [1.807, 2.05) is 60.7 Å². The number of alkyl halides is 3. The van der Waals surface area contributed by atoms with Crippen LogP contribution >= 0.6 is 11.8 Å². The summed E-state index contributed by atoms with van der Waals surface area (Å²) in [5.74, 6) is 0.324. The van der Waals surface area contributed by atoms with E-state index in [0.717, 1.165) is 35.0 Å². The Morgan fingerprint density at radius 1 is 0.882 bits per heavy atom. The number of halogens is 3. The van der Waals surface area contributed by atoms with E-state index in [-0.39, 0.29) is 17.3 Å². The lowest BCUT2D eigenvalue weighted by Gasteiger charge is -2.13. The molecule has 0 saturated carbocycles. The normalized spacial score (nSPS) is 11.4. The van der Waals surface area contributed by atoms with E-state index in [0.29, 0.717) is 23.9 Å². The Balaban J connectivity index is 1.56. The molecule has 0 unspecified atom stereocenters. The van der Waals surface area contributed by atoms with Crippen LogP contribution in [0.25, 0.3) is 5.69 Å². The number of carbonyl (C=O) groups is 1. The van der Waals surface area contributed by atoms with Gasteiger partial charge in [-0.3, -0.25) is 9.36 Å². The molecule has 0 aliphatic rings. The predicted octanol–water partition coefficient (Wildman–Crippen LogP) is 5.29. The zero-order valence-electron chi connectivity index (χ0n) is 18.0. The molecule has 5 nitrogen and oxygen atoms in total. The van der Waals surface area contributed by atoms with Crippen LogP contribution in [0.2, 0.25) is 0 Å². The van der Waals surface area contributed by atoms with E-state index in [9.17, 15) is 18.0 Å². The van der Waals surface area contributed by atoms with E-state index in [2.05, 4.69) is 15.5 Å². The molecule has 1 heterocycles. The van der Waals surface area contributed by atoms with Crippen LogP contribution in [0.5, 0.6) is 0 Å². The molecule has 1 N–H and O–H groups in total. The molecule has 1 aromatic heterocycles. The van der Waals surface area contributed by atoms with E-state index >= 15 is 0 Å². The Morgan fingerprint density at radius 3 is 2.24 bits per heavy atom. The number of aromatic nitrogens is 3. The van der Waals surface area contributed by atoms with Crippen LogP contribution in [0.3, 0.4) is 0 Å². The molecule has 3 aromatic carbocycles. The monoisotopic (exact) mass is 482 g/mol. The highest BCUT2D eigenvalue weighted by atomic mass is 32.2. The van der Waals surface area contributed by atoms with Crippen molar-refractivity contribution in [2.45, 2.75) is 24.3 Å². The standard InChI is InChI=1S/C25H21F3N4OS/c26-25(27,28)20-12-7-13-21(15-20)32-22(14-18-8-3-1-4-9-18)30-31-24(32)34-17-23(33)29-16-19-10-5-2-6-11-19/h1-13,15H,14,16-17H2,(H,29,33). The Kier molecular flexibility index (Phi) is 7.32. The Bertz CT molecular complexity index is 1240. The molecule has 9 heteroatoms. The minimum atomic E-state index is -4.48. The van der Waals surface area contributed by atoms with Crippen molar-refractivity contribution in [2.75, 3.05) is 5.75 Å². The summed E-state index contributed by atoms with van der Waals surface area (Å²) in [6, 6.07) is 24.0. The largest absolute Gasteiger partial charge is 0.416 e. The fourth-order valence-electron chi connectivity index (χ4n) is 3.35. The van der Waals surface area contributed by atoms with Gasteiger partial charge in [-0.2, -0.15) is 13.2 Å². The summed E-state index contributed by atoms with van der Waals surface area (Å²) in [5, 5.41) is 11.6. The first-order valence-corrected chi connectivity index (χ1v) is 11.5. The molecule has 34 heavy (non-hydrogen) atoms. The number of benzene rings is 3. The van der Waals surface area contributed by atoms with Gasteiger partial charge >= 0.3 is 6.18 Å². The first-order chi connectivity index (χ1) is 16.4. The predicted molar refractivity (Wildman–Crippen MR) is 125 cm³/mol. The Morgan fingerprint density at radius 2 is 1.56 bits per heavy atom. The highest BCUT2D eigenvalue weighted by Gasteiger charge is 2.31. The van der Waals surface area contributed by atoms with Gasteiger partial charge in [0.15, 0.2) is 5.16 Å². The number of hydrogen-bond acceptors (Lipinski definition) is 4. The molecule has 174 valence electrons. The van der Waals surface area contributed by atoms with Gasteiger partial charge in [0.05, 0.1) is 17.0 Å². The number of hydrogen-bond donors (Lipinski definition) is 1. The van der Waals surface area contributed by atoms with Crippen molar-refractivity contribution < 1.29 is 18.0 Å². The summed E-state index contributed by atoms with van der Waals surface area (Å²) in [4.78, 5) is 12.4. The van der Waals surface area contributed by atoms with Gasteiger partial charge in [-0.15, -0.1) is 10.2 Å². The number of carbonyl (C=O) groups excluding carboxylic acids is 1. The molecule has 0 aliphatic carbocycles. The van der Waals surface area contributed by atoms with Gasteiger partial charge in [-0.1, -0.05) is 78.5 Å². The molecule has 4 aromatic rings. The van der Waals surface area contributed by atoms with E-state index in [4.69, 9.17) is 0 Å². The first-order valence-electron chi connectivity index (χ1n) is 10.5. The molecular weight excluding hydrogens is 461 g/mol. The summed E-state index contributed by atoms with van der Waals surface area (Å²) >= 11 is 1.13. The number of amides is 1. The van der Waals surface area contributed by atoms with E-state index in [1.165, 1.54) is 6.07 Å². The van der Waals surface area contributed by atoms with Crippen molar-refractivity contribution in [3.8, 4) is 5.69 Å². The molecule has 1 amide bonds. The highest BCUT2D eigenvalue weighted by molar-refractivity contribution is 7.99. The lowest BCUT2D eigenvalue weighted by atomic mass is 10.1. The van der Waals surface area contributed by atoms with Gasteiger partial charge in [0.25, 0.3) is 0 Å². The molecular formula is C25H21F3N4OS. The minimum absolute atomic E-state index is 0.0509. The summed E-state index contributed by atoms with van der Waals surface area (Å²) in [7, 11) is 0. The van der Waals surface area contributed by atoms with Crippen LogP contribution in [-0.4, -0.2) is 26.4 Å². The molecule has 0 saturated heterocycles. The van der Waals surface area contributed by atoms with Crippen LogP contribution < -0.4 is 5.32 Å². The molecule has 4 rings (SSSR count). The Hall–Kier alpha value is -3.59. The van der Waals surface area contributed by atoms with Crippen molar-refractivity contribution in [1.29, 1.82) is 0 Å². The zero-order valence-corrected chi connectivity index (χ0v) is 18.8. The third-order valence-corrected chi connectivity index (χ3v) is 5.93. The fraction of sp³-hybridized carbons (Fsp3) is 0.160. The quantitative estimate of drug-likeness (QED) is 0.347. The summed E-state index contributed by atoms with van der Waals surface area (Å²) in [5.41, 5.74) is 1.44. The van der Waals surface area contributed by atoms with Gasteiger partial charge in [0.2, 0.25) is 5.91 Å². The summed E-state index contributed by atoms with van der Waals surface area (Å²) < 4.78 is 41.6. The molecule has 0 bridgehead atoms. The third kappa shape index (κ3) is 6.05. The van der Waals surface area contributed by atoms with Crippen molar-refractivity contribution in [1.82, 2.24) is 20.1 Å². The number of nitrogens with zero attached hydrogens (tertiary/aromatic N) is 3. The molecule has 0 spiro atoms. The minimum Gasteiger partial charge on any atom is -0.351 e. The Labute approximate surface area is 199 Å². The van der Waals surface area contributed by atoms with Crippen molar-refractivity contribution in [2.24, 2.45) is 0 Å². The maximum atomic E-state index is 13.3. The van der Waals surface area contributed by atoms with Gasteiger partial charge in [-0.05, 0) is 29.3 Å². The van der Waals surface area contributed by atoms with E-state index in [1.54, 1.807) is 10.6 Å². The topological polar surface area (TPSA) is 59.8 Å². The third-order valence-electron chi connectivity index (χ3n) is 5.00. The van der Waals surface area contributed by atoms with Gasteiger partial charge in [-0.25, -0.2) is 0 Å².